The minimum absolute atomic E-state index is 0.523. The van der Waals surface area contributed by atoms with Crippen LogP contribution in [0.5, 0.6) is 0 Å². The third-order valence-corrected chi connectivity index (χ3v) is 4.24. The average Bonchev–Trinajstić information content (AvgIpc) is 3.00. The Morgan fingerprint density at radius 2 is 1.58 bits per heavy atom. The van der Waals surface area contributed by atoms with Crippen LogP contribution in [0.2, 0.25) is 0 Å². The Labute approximate surface area is 113 Å². The molecule has 3 aromatic rings. The maximum Gasteiger partial charge on any atom is 0.0327 e. The molecule has 1 aliphatic heterocycles. The lowest BCUT2D eigenvalue weighted by Crippen LogP contribution is -2.13. The molecule has 4 rings (SSSR count). The fourth-order valence-electron chi connectivity index (χ4n) is 3.32. The van der Waals surface area contributed by atoms with E-state index >= 15 is 0 Å². The molecular formula is C18H17N. The van der Waals surface area contributed by atoms with Gasteiger partial charge in [0.25, 0.3) is 0 Å². The minimum atomic E-state index is 0.523. The molecule has 1 aliphatic rings. The standard InChI is InChI=1S/C18H17N/c1-2-7-14-13(6-1)12-17(18-10-5-11-19-18)16-9-4-3-8-15(14)16/h1-4,6-9,12,18-19H,5,10-11H2/t18-/m0/s1. The number of hydrogen-bond acceptors (Lipinski definition) is 1. The highest BCUT2D eigenvalue weighted by Gasteiger charge is 2.19. The second kappa shape index (κ2) is 4.36. The van der Waals surface area contributed by atoms with Crippen molar-refractivity contribution in [2.75, 3.05) is 6.54 Å². The quantitative estimate of drug-likeness (QED) is 0.628. The van der Waals surface area contributed by atoms with Gasteiger partial charge in [-0.15, -0.1) is 0 Å². The molecule has 0 saturated carbocycles. The molecule has 1 heteroatoms. The van der Waals surface area contributed by atoms with E-state index in [1.165, 1.54) is 39.9 Å². The first-order chi connectivity index (χ1) is 9.43. The lowest BCUT2D eigenvalue weighted by atomic mass is 9.93. The molecule has 1 N–H and O–H groups in total. The van der Waals surface area contributed by atoms with Crippen LogP contribution in [0.25, 0.3) is 21.5 Å². The fraction of sp³-hybridized carbons (Fsp3) is 0.222. The van der Waals surface area contributed by atoms with Gasteiger partial charge in [0.05, 0.1) is 0 Å². The molecule has 0 amide bonds. The SMILES string of the molecule is c1ccc2c(c1)cc([C@@H]1CCCN1)c1ccccc12. The van der Waals surface area contributed by atoms with Gasteiger partial charge in [0, 0.05) is 6.04 Å². The van der Waals surface area contributed by atoms with Gasteiger partial charge in [-0.05, 0) is 52.6 Å². The summed E-state index contributed by atoms with van der Waals surface area (Å²) in [7, 11) is 0. The lowest BCUT2D eigenvalue weighted by Gasteiger charge is -2.16. The Bertz CT molecular complexity index is 739. The second-order valence-corrected chi connectivity index (χ2v) is 5.38. The third kappa shape index (κ3) is 1.73. The van der Waals surface area contributed by atoms with E-state index in [4.69, 9.17) is 0 Å². The summed E-state index contributed by atoms with van der Waals surface area (Å²) in [6.07, 6.45) is 2.54. The highest BCUT2D eigenvalue weighted by atomic mass is 14.9. The van der Waals surface area contributed by atoms with Crippen LogP contribution in [0, 0.1) is 0 Å². The average molecular weight is 247 g/mol. The monoisotopic (exact) mass is 247 g/mol. The molecule has 19 heavy (non-hydrogen) atoms. The van der Waals surface area contributed by atoms with Gasteiger partial charge in [-0.3, -0.25) is 0 Å². The van der Waals surface area contributed by atoms with Crippen molar-refractivity contribution < 1.29 is 0 Å². The first-order valence-electron chi connectivity index (χ1n) is 7.07. The van der Waals surface area contributed by atoms with E-state index in [1.54, 1.807) is 0 Å². The Morgan fingerprint density at radius 3 is 2.37 bits per heavy atom. The Balaban J connectivity index is 2.09. The van der Waals surface area contributed by atoms with Crippen LogP contribution in [0.4, 0.5) is 0 Å². The molecule has 1 atom stereocenters. The van der Waals surface area contributed by atoms with E-state index in [2.05, 4.69) is 59.9 Å². The molecule has 0 unspecified atom stereocenters. The van der Waals surface area contributed by atoms with Gasteiger partial charge >= 0.3 is 0 Å². The van der Waals surface area contributed by atoms with Crippen molar-refractivity contribution in [2.24, 2.45) is 0 Å². The van der Waals surface area contributed by atoms with E-state index in [0.29, 0.717) is 6.04 Å². The van der Waals surface area contributed by atoms with E-state index in [-0.39, 0.29) is 0 Å². The van der Waals surface area contributed by atoms with Gasteiger partial charge in [0.1, 0.15) is 0 Å². The molecular weight excluding hydrogens is 230 g/mol. The summed E-state index contributed by atoms with van der Waals surface area (Å²) < 4.78 is 0. The van der Waals surface area contributed by atoms with Crippen LogP contribution >= 0.6 is 0 Å². The molecule has 0 aromatic heterocycles. The largest absolute Gasteiger partial charge is 0.310 e. The van der Waals surface area contributed by atoms with Crippen LogP contribution in [0.15, 0.2) is 54.6 Å². The normalized spacial score (nSPS) is 19.3. The lowest BCUT2D eigenvalue weighted by molar-refractivity contribution is 0.653. The maximum atomic E-state index is 3.63. The smallest absolute Gasteiger partial charge is 0.0327 e. The molecule has 3 aromatic carbocycles. The van der Waals surface area contributed by atoms with Crippen LogP contribution in [-0.2, 0) is 0 Å². The molecule has 1 heterocycles. The van der Waals surface area contributed by atoms with Crippen molar-refractivity contribution in [2.45, 2.75) is 18.9 Å². The van der Waals surface area contributed by atoms with Crippen molar-refractivity contribution in [1.82, 2.24) is 5.32 Å². The van der Waals surface area contributed by atoms with E-state index < -0.39 is 0 Å². The number of fused-ring (bicyclic) bond motifs is 3. The molecule has 94 valence electrons. The zero-order valence-electron chi connectivity index (χ0n) is 10.9. The van der Waals surface area contributed by atoms with Gasteiger partial charge in [0.15, 0.2) is 0 Å². The predicted octanol–water partition coefficient (Wildman–Crippen LogP) is 4.42. The van der Waals surface area contributed by atoms with E-state index in [1.807, 2.05) is 0 Å². The first kappa shape index (κ1) is 11.0. The molecule has 1 fully saturated rings. The fourth-order valence-corrected chi connectivity index (χ4v) is 3.32. The van der Waals surface area contributed by atoms with Crippen LogP contribution < -0.4 is 5.32 Å². The summed E-state index contributed by atoms with van der Waals surface area (Å²) in [6.45, 7) is 1.14. The maximum absolute atomic E-state index is 3.63. The zero-order chi connectivity index (χ0) is 12.7. The second-order valence-electron chi connectivity index (χ2n) is 5.38. The summed E-state index contributed by atoms with van der Waals surface area (Å²) in [6, 6.07) is 20.4. The Hall–Kier alpha value is -1.86. The minimum Gasteiger partial charge on any atom is -0.310 e. The number of hydrogen-bond donors (Lipinski definition) is 1. The van der Waals surface area contributed by atoms with Gasteiger partial charge < -0.3 is 5.32 Å². The summed E-state index contributed by atoms with van der Waals surface area (Å²) in [5.41, 5.74) is 1.46. The van der Waals surface area contributed by atoms with Gasteiger partial charge in [-0.2, -0.15) is 0 Å². The van der Waals surface area contributed by atoms with E-state index in [0.717, 1.165) is 6.54 Å². The topological polar surface area (TPSA) is 12.0 Å². The van der Waals surface area contributed by atoms with Gasteiger partial charge in [-0.25, -0.2) is 0 Å². The molecule has 0 spiro atoms. The first-order valence-corrected chi connectivity index (χ1v) is 7.07. The van der Waals surface area contributed by atoms with Gasteiger partial charge in [0.2, 0.25) is 0 Å². The highest BCUT2D eigenvalue weighted by Crippen LogP contribution is 2.34. The third-order valence-electron chi connectivity index (χ3n) is 4.24. The highest BCUT2D eigenvalue weighted by molar-refractivity contribution is 6.09. The van der Waals surface area contributed by atoms with Crippen molar-refractivity contribution in [1.29, 1.82) is 0 Å². The molecule has 0 radical (unpaired) electrons. The number of rotatable bonds is 1. The van der Waals surface area contributed by atoms with Crippen molar-refractivity contribution in [3.63, 3.8) is 0 Å². The Kier molecular flexibility index (Phi) is 2.52. The Morgan fingerprint density at radius 1 is 0.842 bits per heavy atom. The van der Waals surface area contributed by atoms with Crippen LogP contribution in [-0.4, -0.2) is 6.54 Å². The van der Waals surface area contributed by atoms with Crippen molar-refractivity contribution in [3.8, 4) is 0 Å². The van der Waals surface area contributed by atoms with Crippen LogP contribution in [0.1, 0.15) is 24.4 Å². The summed E-state index contributed by atoms with van der Waals surface area (Å²) in [5, 5.41) is 9.12. The summed E-state index contributed by atoms with van der Waals surface area (Å²) >= 11 is 0. The molecule has 1 nitrogen and oxygen atoms in total. The van der Waals surface area contributed by atoms with Gasteiger partial charge in [-0.1, -0.05) is 48.5 Å². The summed E-state index contributed by atoms with van der Waals surface area (Å²) in [5.74, 6) is 0. The van der Waals surface area contributed by atoms with Crippen molar-refractivity contribution in [3.05, 3.63) is 60.2 Å². The number of nitrogens with one attached hydrogen (secondary N) is 1. The molecule has 0 bridgehead atoms. The van der Waals surface area contributed by atoms with Crippen LogP contribution in [0.3, 0.4) is 0 Å². The predicted molar refractivity (Wildman–Crippen MR) is 81.4 cm³/mol. The van der Waals surface area contributed by atoms with E-state index in [9.17, 15) is 0 Å². The molecule has 1 saturated heterocycles. The summed E-state index contributed by atoms with van der Waals surface area (Å²) in [4.78, 5) is 0. The van der Waals surface area contributed by atoms with Crippen molar-refractivity contribution >= 4 is 21.5 Å². The number of benzene rings is 3. The molecule has 0 aliphatic carbocycles. The zero-order valence-corrected chi connectivity index (χ0v) is 10.9.